The monoisotopic (exact) mass is 298 g/mol. The first kappa shape index (κ1) is 15.0. The number of rotatable bonds is 4. The summed E-state index contributed by atoms with van der Waals surface area (Å²) in [5.41, 5.74) is 0.951. The van der Waals surface area contributed by atoms with Gasteiger partial charge >= 0.3 is 0 Å². The average Bonchev–Trinajstić information content (AvgIpc) is 2.90. The molecule has 0 aliphatic carbocycles. The van der Waals surface area contributed by atoms with Crippen LogP contribution < -0.4 is 5.14 Å². The predicted molar refractivity (Wildman–Crippen MR) is 73.7 cm³/mol. The van der Waals surface area contributed by atoms with Crippen LogP contribution in [0.5, 0.6) is 0 Å². The molecule has 0 radical (unpaired) electrons. The Balaban J connectivity index is 2.40. The molecule has 6 nitrogen and oxygen atoms in total. The van der Waals surface area contributed by atoms with E-state index in [2.05, 4.69) is 0 Å². The number of hydrogen-bond donors (Lipinski definition) is 1. The van der Waals surface area contributed by atoms with Gasteiger partial charge in [-0.05, 0) is 36.6 Å². The van der Waals surface area contributed by atoms with Crippen molar-refractivity contribution in [2.45, 2.75) is 24.3 Å². The van der Waals surface area contributed by atoms with Crippen molar-refractivity contribution in [3.8, 4) is 0 Å². The van der Waals surface area contributed by atoms with Crippen LogP contribution in [0.15, 0.2) is 23.1 Å². The molecule has 0 aromatic heterocycles. The molecule has 0 saturated carbocycles. The molecule has 0 unspecified atom stereocenters. The fourth-order valence-electron chi connectivity index (χ4n) is 2.30. The highest BCUT2D eigenvalue weighted by molar-refractivity contribution is 7.89. The maximum atomic E-state index is 12.3. The highest BCUT2D eigenvalue weighted by atomic mass is 32.2. The first-order chi connectivity index (χ1) is 9.41. The summed E-state index contributed by atoms with van der Waals surface area (Å²) in [5.74, 6) is -0.162. The Labute approximate surface area is 118 Å². The van der Waals surface area contributed by atoms with Crippen LogP contribution in [0.4, 0.5) is 0 Å². The van der Waals surface area contributed by atoms with Gasteiger partial charge in [0.05, 0.1) is 11.5 Å². The van der Waals surface area contributed by atoms with Crippen LogP contribution in [0, 0.1) is 0 Å². The number of nitrogens with two attached hydrogens (primary N) is 1. The van der Waals surface area contributed by atoms with E-state index in [1.807, 2.05) is 0 Å². The second-order valence-electron chi connectivity index (χ2n) is 4.84. The minimum atomic E-state index is -3.85. The summed E-state index contributed by atoms with van der Waals surface area (Å²) in [4.78, 5) is 14.0. The van der Waals surface area contributed by atoms with Crippen LogP contribution in [-0.2, 0) is 21.4 Å². The van der Waals surface area contributed by atoms with Gasteiger partial charge < -0.3 is 9.64 Å². The molecule has 0 bridgehead atoms. The molecule has 0 spiro atoms. The van der Waals surface area contributed by atoms with Crippen LogP contribution in [0.2, 0.25) is 0 Å². The standard InChI is InChI=1S/C13H18N2O4S/c1-19-9-10-6-11(8-12(7-10)20(14,17)18)13(16)15-4-2-3-5-15/h6-8H,2-5,9H2,1H3,(H2,14,17,18). The van der Waals surface area contributed by atoms with Crippen molar-refractivity contribution in [1.29, 1.82) is 0 Å². The van der Waals surface area contributed by atoms with Gasteiger partial charge in [-0.1, -0.05) is 0 Å². The molecule has 20 heavy (non-hydrogen) atoms. The number of primary sulfonamides is 1. The van der Waals surface area contributed by atoms with Crippen LogP contribution in [0.1, 0.15) is 28.8 Å². The minimum Gasteiger partial charge on any atom is -0.380 e. The molecule has 0 atom stereocenters. The number of nitrogens with zero attached hydrogens (tertiary/aromatic N) is 1. The summed E-state index contributed by atoms with van der Waals surface area (Å²) < 4.78 is 28.0. The highest BCUT2D eigenvalue weighted by Gasteiger charge is 2.21. The number of likely N-dealkylation sites (tertiary alicyclic amines) is 1. The van der Waals surface area contributed by atoms with Crippen molar-refractivity contribution in [2.24, 2.45) is 5.14 Å². The molecule has 1 fully saturated rings. The number of hydrogen-bond acceptors (Lipinski definition) is 4. The maximum Gasteiger partial charge on any atom is 0.253 e. The first-order valence-electron chi connectivity index (χ1n) is 6.37. The Morgan fingerprint density at radius 2 is 1.95 bits per heavy atom. The maximum absolute atomic E-state index is 12.3. The molecule has 1 aliphatic heterocycles. The van der Waals surface area contributed by atoms with E-state index in [1.165, 1.54) is 19.2 Å². The third-order valence-corrected chi connectivity index (χ3v) is 4.14. The van der Waals surface area contributed by atoms with E-state index >= 15 is 0 Å². The normalized spacial score (nSPS) is 15.6. The van der Waals surface area contributed by atoms with Gasteiger partial charge in [-0.15, -0.1) is 0 Å². The zero-order valence-electron chi connectivity index (χ0n) is 11.3. The van der Waals surface area contributed by atoms with Crippen molar-refractivity contribution in [1.82, 2.24) is 4.90 Å². The largest absolute Gasteiger partial charge is 0.380 e. The van der Waals surface area contributed by atoms with Gasteiger partial charge in [0.2, 0.25) is 10.0 Å². The predicted octanol–water partition coefficient (Wildman–Crippen LogP) is 0.716. The number of sulfonamides is 1. The van der Waals surface area contributed by atoms with Gasteiger partial charge in [0.1, 0.15) is 0 Å². The van der Waals surface area contributed by atoms with E-state index in [0.717, 1.165) is 12.8 Å². The van der Waals surface area contributed by atoms with Crippen LogP contribution in [0.25, 0.3) is 0 Å². The fourth-order valence-corrected chi connectivity index (χ4v) is 2.91. The van der Waals surface area contributed by atoms with Crippen molar-refractivity contribution in [2.75, 3.05) is 20.2 Å². The van der Waals surface area contributed by atoms with E-state index in [1.54, 1.807) is 11.0 Å². The summed E-state index contributed by atoms with van der Waals surface area (Å²) in [6.45, 7) is 1.64. The SMILES string of the molecule is COCc1cc(C(=O)N2CCCC2)cc(S(N)(=O)=O)c1. The van der Waals surface area contributed by atoms with Crippen molar-refractivity contribution in [3.05, 3.63) is 29.3 Å². The Morgan fingerprint density at radius 1 is 1.30 bits per heavy atom. The molecule has 1 aliphatic rings. The lowest BCUT2D eigenvalue weighted by Crippen LogP contribution is -2.28. The van der Waals surface area contributed by atoms with Gasteiger partial charge in [0.15, 0.2) is 0 Å². The molecule has 1 saturated heterocycles. The molecule has 110 valence electrons. The van der Waals surface area contributed by atoms with Gasteiger partial charge in [-0.25, -0.2) is 13.6 Å². The Hall–Kier alpha value is -1.44. The molecule has 1 amide bonds. The zero-order chi connectivity index (χ0) is 14.8. The number of methoxy groups -OCH3 is 1. The number of carbonyl (C=O) groups is 1. The number of amides is 1. The Morgan fingerprint density at radius 3 is 2.50 bits per heavy atom. The average molecular weight is 298 g/mol. The molecule has 2 N–H and O–H groups in total. The first-order valence-corrected chi connectivity index (χ1v) is 7.91. The number of carbonyl (C=O) groups excluding carboxylic acids is 1. The lowest BCUT2D eigenvalue weighted by atomic mass is 10.1. The lowest BCUT2D eigenvalue weighted by molar-refractivity contribution is 0.0792. The van der Waals surface area contributed by atoms with Crippen LogP contribution >= 0.6 is 0 Å². The summed E-state index contributed by atoms with van der Waals surface area (Å²) in [7, 11) is -2.34. The quantitative estimate of drug-likeness (QED) is 0.886. The van der Waals surface area contributed by atoms with Gasteiger partial charge in [-0.3, -0.25) is 4.79 Å². The van der Waals surface area contributed by atoms with E-state index in [4.69, 9.17) is 9.88 Å². The van der Waals surface area contributed by atoms with Crippen LogP contribution in [-0.4, -0.2) is 39.4 Å². The van der Waals surface area contributed by atoms with Crippen molar-refractivity contribution >= 4 is 15.9 Å². The molecular weight excluding hydrogens is 280 g/mol. The van der Waals surface area contributed by atoms with E-state index < -0.39 is 10.0 Å². The summed E-state index contributed by atoms with van der Waals surface area (Å²) in [6, 6.07) is 4.41. The molecule has 7 heteroatoms. The molecule has 1 aromatic rings. The number of benzene rings is 1. The lowest BCUT2D eigenvalue weighted by Gasteiger charge is -2.16. The fraction of sp³-hybridized carbons (Fsp3) is 0.462. The highest BCUT2D eigenvalue weighted by Crippen LogP contribution is 2.19. The zero-order valence-corrected chi connectivity index (χ0v) is 12.1. The third-order valence-electron chi connectivity index (χ3n) is 3.25. The second kappa shape index (κ2) is 5.90. The van der Waals surface area contributed by atoms with E-state index in [-0.39, 0.29) is 17.4 Å². The Kier molecular flexibility index (Phi) is 4.42. The topological polar surface area (TPSA) is 89.7 Å². The van der Waals surface area contributed by atoms with Crippen molar-refractivity contribution in [3.63, 3.8) is 0 Å². The van der Waals surface area contributed by atoms with E-state index in [9.17, 15) is 13.2 Å². The summed E-state index contributed by atoms with van der Waals surface area (Å²) in [5, 5.41) is 5.15. The van der Waals surface area contributed by atoms with Gasteiger partial charge in [-0.2, -0.15) is 0 Å². The third kappa shape index (κ3) is 3.36. The van der Waals surface area contributed by atoms with Crippen LogP contribution in [0.3, 0.4) is 0 Å². The Bertz CT molecular complexity index is 607. The smallest absolute Gasteiger partial charge is 0.253 e. The molecule has 1 aromatic carbocycles. The number of ether oxygens (including phenoxy) is 1. The minimum absolute atomic E-state index is 0.0606. The second-order valence-corrected chi connectivity index (χ2v) is 6.40. The summed E-state index contributed by atoms with van der Waals surface area (Å²) in [6.07, 6.45) is 1.96. The van der Waals surface area contributed by atoms with Crippen molar-refractivity contribution < 1.29 is 17.9 Å². The molecular formula is C13H18N2O4S. The molecule has 1 heterocycles. The molecule has 2 rings (SSSR count). The van der Waals surface area contributed by atoms with Gasteiger partial charge in [0, 0.05) is 25.8 Å². The van der Waals surface area contributed by atoms with Gasteiger partial charge in [0.25, 0.3) is 5.91 Å². The van der Waals surface area contributed by atoms with E-state index in [0.29, 0.717) is 24.2 Å². The summed E-state index contributed by atoms with van der Waals surface area (Å²) >= 11 is 0.